The van der Waals surface area contributed by atoms with E-state index >= 15 is 0 Å². The minimum atomic E-state index is -0.142. The molecule has 0 radical (unpaired) electrons. The van der Waals surface area contributed by atoms with Crippen LogP contribution in [0.5, 0.6) is 0 Å². The van der Waals surface area contributed by atoms with Gasteiger partial charge in [0.1, 0.15) is 0 Å². The molecule has 1 fully saturated rings. The van der Waals surface area contributed by atoms with Crippen LogP contribution < -0.4 is 10.6 Å². The van der Waals surface area contributed by atoms with Crippen LogP contribution in [-0.2, 0) is 0 Å². The Hall–Kier alpha value is -0.810. The zero-order valence-electron chi connectivity index (χ0n) is 12.8. The maximum absolute atomic E-state index is 11.8. The number of rotatable bonds is 7. The average Bonchev–Trinajstić information content (AvgIpc) is 2.44. The highest BCUT2D eigenvalue weighted by Gasteiger charge is 2.25. The van der Waals surface area contributed by atoms with Crippen molar-refractivity contribution in [2.24, 2.45) is 11.3 Å². The van der Waals surface area contributed by atoms with Crippen molar-refractivity contribution in [1.29, 1.82) is 0 Å². The third kappa shape index (κ3) is 6.09. The van der Waals surface area contributed by atoms with E-state index in [9.17, 15) is 9.90 Å². The third-order valence-electron chi connectivity index (χ3n) is 4.20. The van der Waals surface area contributed by atoms with Gasteiger partial charge in [-0.15, -0.1) is 0 Å². The van der Waals surface area contributed by atoms with Crippen LogP contribution in [0.25, 0.3) is 0 Å². The van der Waals surface area contributed by atoms with Crippen molar-refractivity contribution in [3.05, 3.63) is 0 Å². The Bertz CT molecular complexity index is 295. The van der Waals surface area contributed by atoms with E-state index in [2.05, 4.69) is 10.6 Å². The quantitative estimate of drug-likeness (QED) is 0.537. The number of amides is 2. The largest absolute Gasteiger partial charge is 0.396 e. The Morgan fingerprint density at radius 3 is 2.60 bits per heavy atom. The molecule has 0 bridgehead atoms. The lowest BCUT2D eigenvalue weighted by atomic mass is 9.85. The summed E-state index contributed by atoms with van der Waals surface area (Å²) in [5, 5.41) is 24.3. The molecular formula is C15H30N2O3. The molecule has 1 rings (SSSR count). The zero-order chi connectivity index (χ0) is 15.0. The van der Waals surface area contributed by atoms with Crippen LogP contribution in [0.2, 0.25) is 0 Å². The van der Waals surface area contributed by atoms with Crippen molar-refractivity contribution < 1.29 is 15.0 Å². The molecule has 0 heterocycles. The van der Waals surface area contributed by atoms with Gasteiger partial charge in [0.05, 0.1) is 0 Å². The van der Waals surface area contributed by atoms with Gasteiger partial charge in [-0.2, -0.15) is 0 Å². The minimum Gasteiger partial charge on any atom is -0.396 e. The Kier molecular flexibility index (Phi) is 7.30. The van der Waals surface area contributed by atoms with Gasteiger partial charge < -0.3 is 20.8 Å². The molecule has 2 amide bonds. The molecule has 1 aliphatic rings. The number of hydrogen-bond donors (Lipinski definition) is 4. The Morgan fingerprint density at radius 1 is 1.25 bits per heavy atom. The SMILES string of the molecule is CC(C)(CO)CCCNC(=O)NC1CCCCC1CO. The van der Waals surface area contributed by atoms with Gasteiger partial charge in [-0.3, -0.25) is 0 Å². The summed E-state index contributed by atoms with van der Waals surface area (Å²) < 4.78 is 0. The molecular weight excluding hydrogens is 256 g/mol. The highest BCUT2D eigenvalue weighted by Crippen LogP contribution is 2.24. The van der Waals surface area contributed by atoms with Crippen molar-refractivity contribution >= 4 is 6.03 Å². The normalized spacial score (nSPS) is 23.4. The van der Waals surface area contributed by atoms with Crippen LogP contribution in [0.3, 0.4) is 0 Å². The predicted molar refractivity (Wildman–Crippen MR) is 79.5 cm³/mol. The molecule has 2 unspecified atom stereocenters. The maximum atomic E-state index is 11.8. The summed E-state index contributed by atoms with van der Waals surface area (Å²) in [6, 6.07) is -0.0419. The summed E-state index contributed by atoms with van der Waals surface area (Å²) in [6.07, 6.45) is 5.94. The number of carbonyl (C=O) groups is 1. The maximum Gasteiger partial charge on any atom is 0.315 e. The molecule has 0 aliphatic heterocycles. The second-order valence-electron chi connectivity index (χ2n) is 6.66. The molecule has 0 aromatic rings. The lowest BCUT2D eigenvalue weighted by Gasteiger charge is -2.30. The molecule has 5 heteroatoms. The van der Waals surface area contributed by atoms with E-state index in [0.717, 1.165) is 38.5 Å². The summed E-state index contributed by atoms with van der Waals surface area (Å²) in [6.45, 7) is 4.96. The highest BCUT2D eigenvalue weighted by atomic mass is 16.3. The number of urea groups is 1. The van der Waals surface area contributed by atoms with Crippen LogP contribution in [0.15, 0.2) is 0 Å². The molecule has 1 saturated carbocycles. The van der Waals surface area contributed by atoms with Gasteiger partial charge in [0.2, 0.25) is 0 Å². The molecule has 20 heavy (non-hydrogen) atoms. The smallest absolute Gasteiger partial charge is 0.315 e. The summed E-state index contributed by atoms with van der Waals surface area (Å²) in [7, 11) is 0. The summed E-state index contributed by atoms with van der Waals surface area (Å²) >= 11 is 0. The third-order valence-corrected chi connectivity index (χ3v) is 4.20. The number of carbonyl (C=O) groups excluding carboxylic acids is 1. The van der Waals surface area contributed by atoms with Crippen LogP contribution >= 0.6 is 0 Å². The average molecular weight is 286 g/mol. The number of nitrogens with one attached hydrogen (secondary N) is 2. The zero-order valence-corrected chi connectivity index (χ0v) is 12.8. The monoisotopic (exact) mass is 286 g/mol. The van der Waals surface area contributed by atoms with E-state index in [0.29, 0.717) is 6.54 Å². The van der Waals surface area contributed by atoms with Crippen molar-refractivity contribution in [2.45, 2.75) is 58.4 Å². The van der Waals surface area contributed by atoms with Crippen molar-refractivity contribution in [2.75, 3.05) is 19.8 Å². The van der Waals surface area contributed by atoms with Gasteiger partial charge in [0.25, 0.3) is 0 Å². The standard InChI is InChI=1S/C15H30N2O3/c1-15(2,11-19)8-5-9-16-14(20)17-13-7-4-3-6-12(13)10-18/h12-13,18-19H,3-11H2,1-2H3,(H2,16,17,20). The number of aliphatic hydroxyl groups is 2. The van der Waals surface area contributed by atoms with Crippen LogP contribution in [0, 0.1) is 11.3 Å². The van der Waals surface area contributed by atoms with E-state index in [4.69, 9.17) is 5.11 Å². The second-order valence-corrected chi connectivity index (χ2v) is 6.66. The van der Waals surface area contributed by atoms with E-state index in [-0.39, 0.29) is 36.6 Å². The molecule has 1 aliphatic carbocycles. The fraction of sp³-hybridized carbons (Fsp3) is 0.933. The molecule has 4 N–H and O–H groups in total. The molecule has 118 valence electrons. The van der Waals surface area contributed by atoms with E-state index in [1.165, 1.54) is 0 Å². The summed E-state index contributed by atoms with van der Waals surface area (Å²) in [4.78, 5) is 11.8. The van der Waals surface area contributed by atoms with Gasteiger partial charge in [-0.05, 0) is 31.1 Å². The molecule has 2 atom stereocenters. The van der Waals surface area contributed by atoms with Crippen molar-refractivity contribution in [1.82, 2.24) is 10.6 Å². The molecule has 0 aromatic carbocycles. The summed E-state index contributed by atoms with van der Waals surface area (Å²) in [5.74, 6) is 0.197. The molecule has 0 aromatic heterocycles. The fourth-order valence-corrected chi connectivity index (χ4v) is 2.68. The van der Waals surface area contributed by atoms with E-state index in [1.807, 2.05) is 13.8 Å². The van der Waals surface area contributed by atoms with Gasteiger partial charge in [0, 0.05) is 31.7 Å². The first-order chi connectivity index (χ1) is 9.48. The number of hydrogen-bond acceptors (Lipinski definition) is 3. The summed E-state index contributed by atoms with van der Waals surface area (Å²) in [5.41, 5.74) is -0.0799. The van der Waals surface area contributed by atoms with Gasteiger partial charge >= 0.3 is 6.03 Å². The lowest BCUT2D eigenvalue weighted by Crippen LogP contribution is -2.47. The van der Waals surface area contributed by atoms with Gasteiger partial charge in [-0.25, -0.2) is 4.79 Å². The minimum absolute atomic E-state index is 0.0799. The number of aliphatic hydroxyl groups excluding tert-OH is 2. The molecule has 0 saturated heterocycles. The first-order valence-electron chi connectivity index (χ1n) is 7.74. The molecule has 5 nitrogen and oxygen atoms in total. The van der Waals surface area contributed by atoms with Crippen LogP contribution in [-0.4, -0.2) is 42.0 Å². The predicted octanol–water partition coefficient (Wildman–Crippen LogP) is 1.64. The molecule has 0 spiro atoms. The Labute approximate surface area is 122 Å². The van der Waals surface area contributed by atoms with E-state index in [1.54, 1.807) is 0 Å². The van der Waals surface area contributed by atoms with Crippen LogP contribution in [0.4, 0.5) is 4.79 Å². The highest BCUT2D eigenvalue weighted by molar-refractivity contribution is 5.74. The fourth-order valence-electron chi connectivity index (χ4n) is 2.68. The van der Waals surface area contributed by atoms with Gasteiger partial charge in [0.15, 0.2) is 0 Å². The van der Waals surface area contributed by atoms with Crippen molar-refractivity contribution in [3.8, 4) is 0 Å². The second kappa shape index (κ2) is 8.47. The van der Waals surface area contributed by atoms with Crippen LogP contribution in [0.1, 0.15) is 52.4 Å². The first-order valence-corrected chi connectivity index (χ1v) is 7.74. The topological polar surface area (TPSA) is 81.6 Å². The Balaban J connectivity index is 2.19. The first kappa shape index (κ1) is 17.2. The van der Waals surface area contributed by atoms with E-state index < -0.39 is 0 Å². The van der Waals surface area contributed by atoms with Gasteiger partial charge in [-0.1, -0.05) is 26.7 Å². The Morgan fingerprint density at radius 2 is 1.95 bits per heavy atom. The lowest BCUT2D eigenvalue weighted by molar-refractivity contribution is 0.146. The van der Waals surface area contributed by atoms with Crippen molar-refractivity contribution in [3.63, 3.8) is 0 Å².